The third-order valence-electron chi connectivity index (χ3n) is 4.71. The lowest BCUT2D eigenvalue weighted by Gasteiger charge is -2.08. The zero-order valence-corrected chi connectivity index (χ0v) is 14.7. The Hall–Kier alpha value is -3.17. The summed E-state index contributed by atoms with van der Waals surface area (Å²) in [6.45, 7) is 3.50. The van der Waals surface area contributed by atoms with Crippen molar-refractivity contribution >= 4 is 59.0 Å². The molecule has 0 atom stereocenters. The highest BCUT2D eigenvalue weighted by molar-refractivity contribution is 7.27. The van der Waals surface area contributed by atoms with Gasteiger partial charge in [-0.05, 0) is 22.2 Å². The fraction of sp³-hybridized carbons (Fsp3) is 0. The molecule has 0 radical (unpaired) electrons. The van der Waals surface area contributed by atoms with E-state index in [1.54, 1.807) is 11.3 Å². The van der Waals surface area contributed by atoms with Gasteiger partial charge in [-0.2, -0.15) is 0 Å². The Bertz CT molecular complexity index is 1340. The molecule has 0 saturated heterocycles. The summed E-state index contributed by atoms with van der Waals surface area (Å²) in [5.41, 5.74) is 0. The van der Waals surface area contributed by atoms with Crippen molar-refractivity contribution in [2.45, 2.75) is 0 Å². The second-order valence-corrected chi connectivity index (χ2v) is 7.24. The summed E-state index contributed by atoms with van der Waals surface area (Å²) >= 11 is 1.74. The fourth-order valence-electron chi connectivity index (χ4n) is 3.57. The summed E-state index contributed by atoms with van der Waals surface area (Å²) in [7, 11) is 0. The van der Waals surface area contributed by atoms with E-state index in [9.17, 15) is 4.79 Å². The molecule has 124 valence electrons. The molecular formula is C23H14O2S. The van der Waals surface area contributed by atoms with Crippen LogP contribution in [0.15, 0.2) is 79.4 Å². The predicted molar refractivity (Wildman–Crippen MR) is 110 cm³/mol. The monoisotopic (exact) mass is 354 g/mol. The van der Waals surface area contributed by atoms with E-state index in [1.807, 2.05) is 24.3 Å². The van der Waals surface area contributed by atoms with Crippen LogP contribution >= 0.6 is 11.3 Å². The molecule has 0 aliphatic carbocycles. The van der Waals surface area contributed by atoms with Crippen LogP contribution in [0.2, 0.25) is 0 Å². The van der Waals surface area contributed by atoms with Crippen LogP contribution in [0.1, 0.15) is 0 Å². The summed E-state index contributed by atoms with van der Waals surface area (Å²) < 4.78 is 7.89. The number of carbonyl (C=O) groups is 1. The van der Waals surface area contributed by atoms with Gasteiger partial charge in [0.15, 0.2) is 0 Å². The maximum absolute atomic E-state index is 11.8. The Morgan fingerprint density at radius 3 is 2.42 bits per heavy atom. The molecule has 0 spiro atoms. The van der Waals surface area contributed by atoms with Gasteiger partial charge in [-0.15, -0.1) is 11.3 Å². The number of fused-ring (bicyclic) bond motifs is 7. The molecule has 0 aliphatic rings. The minimum absolute atomic E-state index is 0.443. The number of benzene rings is 4. The molecular weight excluding hydrogens is 340 g/mol. The molecule has 1 aromatic heterocycles. The summed E-state index contributed by atoms with van der Waals surface area (Å²) in [5, 5.41) is 6.96. The zero-order valence-electron chi connectivity index (χ0n) is 13.9. The van der Waals surface area contributed by atoms with Crippen molar-refractivity contribution in [1.82, 2.24) is 0 Å². The second-order valence-electron chi connectivity index (χ2n) is 6.18. The maximum atomic E-state index is 11.8. The molecule has 0 aliphatic heterocycles. The van der Waals surface area contributed by atoms with Gasteiger partial charge in [-0.25, -0.2) is 4.79 Å². The van der Waals surface area contributed by atoms with E-state index in [-0.39, 0.29) is 0 Å². The van der Waals surface area contributed by atoms with Crippen molar-refractivity contribution in [3.05, 3.63) is 79.4 Å². The Morgan fingerprint density at radius 1 is 0.885 bits per heavy atom. The molecule has 1 heterocycles. The van der Waals surface area contributed by atoms with Crippen molar-refractivity contribution in [3.8, 4) is 5.75 Å². The molecule has 26 heavy (non-hydrogen) atoms. The highest BCUT2D eigenvalue weighted by atomic mass is 32.1. The molecule has 5 aromatic rings. The highest BCUT2D eigenvalue weighted by Crippen LogP contribution is 2.44. The van der Waals surface area contributed by atoms with Gasteiger partial charge in [0.25, 0.3) is 0 Å². The van der Waals surface area contributed by atoms with Crippen LogP contribution in [0.3, 0.4) is 0 Å². The Morgan fingerprint density at radius 2 is 1.62 bits per heavy atom. The smallest absolute Gasteiger partial charge is 0.335 e. The van der Waals surface area contributed by atoms with Gasteiger partial charge in [0.2, 0.25) is 0 Å². The fourth-order valence-corrected chi connectivity index (χ4v) is 4.85. The van der Waals surface area contributed by atoms with Crippen LogP contribution in [-0.2, 0) is 4.79 Å². The van der Waals surface area contributed by atoms with Crippen LogP contribution < -0.4 is 4.74 Å². The summed E-state index contributed by atoms with van der Waals surface area (Å²) in [6, 6.07) is 22.8. The minimum Gasteiger partial charge on any atom is -0.423 e. The van der Waals surface area contributed by atoms with Crippen LogP contribution in [0, 0.1) is 0 Å². The lowest BCUT2D eigenvalue weighted by Crippen LogP contribution is -2.03. The largest absolute Gasteiger partial charge is 0.423 e. The van der Waals surface area contributed by atoms with Crippen LogP contribution in [0.25, 0.3) is 41.7 Å². The Kier molecular flexibility index (Phi) is 3.30. The van der Waals surface area contributed by atoms with Crippen molar-refractivity contribution in [3.63, 3.8) is 0 Å². The van der Waals surface area contributed by atoms with E-state index in [2.05, 4.69) is 49.0 Å². The van der Waals surface area contributed by atoms with Gasteiger partial charge in [0.1, 0.15) is 5.75 Å². The van der Waals surface area contributed by atoms with Crippen LogP contribution in [0.4, 0.5) is 0 Å². The molecule has 2 nitrogen and oxygen atoms in total. The third-order valence-corrected chi connectivity index (χ3v) is 5.89. The van der Waals surface area contributed by atoms with Crippen molar-refractivity contribution < 1.29 is 9.53 Å². The molecule has 0 amide bonds. The SMILES string of the molecule is C=CC(=O)Oc1cc2sc3c4ccccc4ccc3c2c2ccccc12. The summed E-state index contributed by atoms with van der Waals surface area (Å²) in [4.78, 5) is 11.8. The van der Waals surface area contributed by atoms with Crippen LogP contribution in [-0.4, -0.2) is 5.97 Å². The Balaban J connectivity index is 1.95. The molecule has 3 heteroatoms. The number of rotatable bonds is 2. The molecule has 0 fully saturated rings. The van der Waals surface area contributed by atoms with Crippen molar-refractivity contribution in [2.24, 2.45) is 0 Å². The lowest BCUT2D eigenvalue weighted by atomic mass is 10.0. The molecule has 0 bridgehead atoms. The molecule has 0 N–H and O–H groups in total. The molecule has 0 unspecified atom stereocenters. The van der Waals surface area contributed by atoms with Crippen molar-refractivity contribution in [1.29, 1.82) is 0 Å². The second kappa shape index (κ2) is 5.68. The highest BCUT2D eigenvalue weighted by Gasteiger charge is 2.15. The van der Waals surface area contributed by atoms with Gasteiger partial charge >= 0.3 is 5.97 Å². The number of ether oxygens (including phenoxy) is 1. The zero-order chi connectivity index (χ0) is 17.7. The average molecular weight is 354 g/mol. The summed E-state index contributed by atoms with van der Waals surface area (Å²) in [5.74, 6) is 0.134. The average Bonchev–Trinajstić information content (AvgIpc) is 3.07. The normalized spacial score (nSPS) is 11.4. The first-order valence-electron chi connectivity index (χ1n) is 8.36. The van der Waals surface area contributed by atoms with Gasteiger partial charge < -0.3 is 4.74 Å². The first-order chi connectivity index (χ1) is 12.8. The number of thiophene rings is 1. The Labute approximate surface area is 153 Å². The minimum atomic E-state index is -0.443. The van der Waals surface area contributed by atoms with E-state index in [0.717, 1.165) is 15.5 Å². The number of carbonyl (C=O) groups excluding carboxylic acids is 1. The van der Waals surface area contributed by atoms with Gasteiger partial charge in [0, 0.05) is 31.6 Å². The maximum Gasteiger partial charge on any atom is 0.335 e. The van der Waals surface area contributed by atoms with Crippen molar-refractivity contribution in [2.75, 3.05) is 0 Å². The third kappa shape index (κ3) is 2.14. The quantitative estimate of drug-likeness (QED) is 0.207. The number of hydrogen-bond donors (Lipinski definition) is 0. The van der Waals surface area contributed by atoms with E-state index in [1.165, 1.54) is 32.3 Å². The van der Waals surface area contributed by atoms with E-state index in [0.29, 0.717) is 5.75 Å². The predicted octanol–water partition coefficient (Wildman–Crippen LogP) is 6.45. The molecule has 0 saturated carbocycles. The topological polar surface area (TPSA) is 26.3 Å². The molecule has 5 rings (SSSR count). The van der Waals surface area contributed by atoms with E-state index in [4.69, 9.17) is 4.74 Å². The van der Waals surface area contributed by atoms with E-state index < -0.39 is 5.97 Å². The standard InChI is InChI=1S/C23H14O2S/c1-2-21(24)25-19-13-20-22(17-10-6-5-9-16(17)19)18-12-11-14-7-3-4-8-15(14)23(18)26-20/h2-13H,1H2. The first kappa shape index (κ1) is 15.1. The number of hydrogen-bond acceptors (Lipinski definition) is 3. The molecule has 4 aromatic carbocycles. The van der Waals surface area contributed by atoms with Gasteiger partial charge in [-0.1, -0.05) is 67.2 Å². The lowest BCUT2D eigenvalue weighted by molar-refractivity contribution is -0.128. The van der Waals surface area contributed by atoms with Gasteiger partial charge in [-0.3, -0.25) is 0 Å². The summed E-state index contributed by atoms with van der Waals surface area (Å²) in [6.07, 6.45) is 1.19. The van der Waals surface area contributed by atoms with E-state index >= 15 is 0 Å². The van der Waals surface area contributed by atoms with Gasteiger partial charge in [0.05, 0.1) is 0 Å². The number of esters is 1. The van der Waals surface area contributed by atoms with Crippen LogP contribution in [0.5, 0.6) is 5.75 Å². The first-order valence-corrected chi connectivity index (χ1v) is 9.18.